The first-order chi connectivity index (χ1) is 8.84. The van der Waals surface area contributed by atoms with Gasteiger partial charge in [-0.1, -0.05) is 54.6 Å². The van der Waals surface area contributed by atoms with Crippen molar-refractivity contribution in [2.24, 2.45) is 5.92 Å². The minimum absolute atomic E-state index is 0.421. The molecule has 0 heterocycles. The van der Waals surface area contributed by atoms with Gasteiger partial charge in [0.25, 0.3) is 0 Å². The highest BCUT2D eigenvalue weighted by atomic mass is 16.1. The van der Waals surface area contributed by atoms with Gasteiger partial charge in [-0.3, -0.25) is 4.79 Å². The van der Waals surface area contributed by atoms with Crippen LogP contribution in [0.15, 0.2) is 54.6 Å². The van der Waals surface area contributed by atoms with Gasteiger partial charge in [-0.05, 0) is 30.7 Å². The van der Waals surface area contributed by atoms with Crippen LogP contribution < -0.4 is 0 Å². The third-order valence-corrected chi connectivity index (χ3v) is 3.35. The number of Topliss-reactive ketones (excluding diaryl/α,β-unsaturated/α-hetero) is 1. The largest absolute Gasteiger partial charge is 0.300 e. The van der Waals surface area contributed by atoms with E-state index in [4.69, 9.17) is 0 Å². The van der Waals surface area contributed by atoms with E-state index in [1.54, 1.807) is 0 Å². The SMILES string of the molecule is O=C1CCCC(C=CC=CCc2ccccc2)C1. The highest BCUT2D eigenvalue weighted by Crippen LogP contribution is 2.22. The second-order valence-corrected chi connectivity index (χ2v) is 4.90. The lowest BCUT2D eigenvalue weighted by molar-refractivity contribution is -0.121. The molecule has 1 nitrogen and oxygen atoms in total. The predicted octanol–water partition coefficient (Wildman–Crippen LogP) is 4.10. The molecule has 0 amide bonds. The molecule has 2 rings (SSSR count). The Morgan fingerprint density at radius 3 is 2.78 bits per heavy atom. The average molecular weight is 240 g/mol. The van der Waals surface area contributed by atoms with Crippen molar-refractivity contribution in [1.82, 2.24) is 0 Å². The third kappa shape index (κ3) is 4.33. The van der Waals surface area contributed by atoms with Crippen LogP contribution in [0.25, 0.3) is 0 Å². The fourth-order valence-corrected chi connectivity index (χ4v) is 2.34. The van der Waals surface area contributed by atoms with E-state index in [2.05, 4.69) is 48.6 Å². The molecule has 1 atom stereocenters. The molecule has 1 fully saturated rings. The Labute approximate surface area is 109 Å². The van der Waals surface area contributed by atoms with Crippen LogP contribution in [-0.4, -0.2) is 5.78 Å². The Morgan fingerprint density at radius 2 is 2.00 bits per heavy atom. The maximum Gasteiger partial charge on any atom is 0.133 e. The van der Waals surface area contributed by atoms with Gasteiger partial charge in [0.05, 0.1) is 0 Å². The van der Waals surface area contributed by atoms with E-state index in [-0.39, 0.29) is 0 Å². The Morgan fingerprint density at radius 1 is 1.17 bits per heavy atom. The molecule has 18 heavy (non-hydrogen) atoms. The topological polar surface area (TPSA) is 17.1 Å². The van der Waals surface area contributed by atoms with Gasteiger partial charge in [-0.25, -0.2) is 0 Å². The number of ketones is 1. The van der Waals surface area contributed by atoms with Crippen LogP contribution in [0.2, 0.25) is 0 Å². The van der Waals surface area contributed by atoms with Crippen molar-refractivity contribution in [3.63, 3.8) is 0 Å². The van der Waals surface area contributed by atoms with Crippen molar-refractivity contribution < 1.29 is 4.79 Å². The molecule has 1 aliphatic rings. The minimum atomic E-state index is 0.421. The maximum absolute atomic E-state index is 11.3. The van der Waals surface area contributed by atoms with Crippen molar-refractivity contribution >= 4 is 5.78 Å². The summed E-state index contributed by atoms with van der Waals surface area (Å²) >= 11 is 0. The van der Waals surface area contributed by atoms with Crippen LogP contribution in [0, 0.1) is 5.92 Å². The number of hydrogen-bond donors (Lipinski definition) is 0. The molecule has 0 saturated heterocycles. The van der Waals surface area contributed by atoms with Crippen LogP contribution >= 0.6 is 0 Å². The molecule has 1 aromatic rings. The number of rotatable bonds is 4. The fourth-order valence-electron chi connectivity index (χ4n) is 2.34. The summed E-state index contributed by atoms with van der Waals surface area (Å²) in [5.74, 6) is 0.886. The standard InChI is InChI=1S/C17H20O/c18-17-13-7-12-16(14-17)11-6-2-5-10-15-8-3-1-4-9-15/h1-6,8-9,11,16H,7,10,12-14H2. The summed E-state index contributed by atoms with van der Waals surface area (Å²) in [5, 5.41) is 0. The van der Waals surface area contributed by atoms with Gasteiger partial charge in [-0.2, -0.15) is 0 Å². The lowest BCUT2D eigenvalue weighted by atomic mass is 9.88. The van der Waals surface area contributed by atoms with Crippen LogP contribution in [-0.2, 0) is 11.2 Å². The van der Waals surface area contributed by atoms with Gasteiger partial charge in [0.15, 0.2) is 0 Å². The lowest BCUT2D eigenvalue weighted by Crippen LogP contribution is -2.12. The molecule has 0 aromatic heterocycles. The summed E-state index contributed by atoms with van der Waals surface area (Å²) in [6.07, 6.45) is 13.2. The Kier molecular flexibility index (Phi) is 4.95. The van der Waals surface area contributed by atoms with Crippen LogP contribution in [0.5, 0.6) is 0 Å². The molecule has 0 radical (unpaired) electrons. The fraction of sp³-hybridized carbons (Fsp3) is 0.353. The van der Waals surface area contributed by atoms with E-state index < -0.39 is 0 Å². The van der Waals surface area contributed by atoms with E-state index in [9.17, 15) is 4.79 Å². The quantitative estimate of drug-likeness (QED) is 0.724. The molecule has 1 aromatic carbocycles. The zero-order valence-corrected chi connectivity index (χ0v) is 10.7. The highest BCUT2D eigenvalue weighted by molar-refractivity contribution is 5.79. The Balaban J connectivity index is 1.75. The van der Waals surface area contributed by atoms with E-state index >= 15 is 0 Å². The van der Waals surface area contributed by atoms with Crippen LogP contribution in [0.3, 0.4) is 0 Å². The molecular weight excluding hydrogens is 220 g/mol. The van der Waals surface area contributed by atoms with E-state index in [0.29, 0.717) is 11.7 Å². The van der Waals surface area contributed by atoms with Crippen LogP contribution in [0.4, 0.5) is 0 Å². The normalized spacial score (nSPS) is 20.9. The zero-order valence-electron chi connectivity index (χ0n) is 10.7. The van der Waals surface area contributed by atoms with Gasteiger partial charge in [0.1, 0.15) is 5.78 Å². The zero-order chi connectivity index (χ0) is 12.6. The third-order valence-electron chi connectivity index (χ3n) is 3.35. The number of allylic oxidation sites excluding steroid dienone is 4. The average Bonchev–Trinajstić information content (AvgIpc) is 2.40. The van der Waals surface area contributed by atoms with E-state index in [0.717, 1.165) is 32.1 Å². The molecule has 0 bridgehead atoms. The van der Waals surface area contributed by atoms with Crippen molar-refractivity contribution in [1.29, 1.82) is 0 Å². The molecule has 1 aliphatic carbocycles. The Hall–Kier alpha value is -1.63. The number of carbonyl (C=O) groups is 1. The molecule has 0 aliphatic heterocycles. The van der Waals surface area contributed by atoms with Crippen molar-refractivity contribution in [2.45, 2.75) is 32.1 Å². The molecule has 0 N–H and O–H groups in total. The summed E-state index contributed by atoms with van der Waals surface area (Å²) in [7, 11) is 0. The molecule has 1 heteroatoms. The molecule has 0 spiro atoms. The van der Waals surface area contributed by atoms with Gasteiger partial charge in [0.2, 0.25) is 0 Å². The van der Waals surface area contributed by atoms with E-state index in [1.165, 1.54) is 5.56 Å². The van der Waals surface area contributed by atoms with Crippen LogP contribution in [0.1, 0.15) is 31.2 Å². The lowest BCUT2D eigenvalue weighted by Gasteiger charge is -2.16. The number of carbonyl (C=O) groups excluding carboxylic acids is 1. The van der Waals surface area contributed by atoms with Crippen molar-refractivity contribution in [2.75, 3.05) is 0 Å². The molecule has 1 saturated carbocycles. The summed E-state index contributed by atoms with van der Waals surface area (Å²) < 4.78 is 0. The smallest absolute Gasteiger partial charge is 0.133 e. The van der Waals surface area contributed by atoms with Gasteiger partial charge in [0, 0.05) is 12.8 Å². The maximum atomic E-state index is 11.3. The monoisotopic (exact) mass is 240 g/mol. The van der Waals surface area contributed by atoms with Gasteiger partial charge >= 0.3 is 0 Å². The van der Waals surface area contributed by atoms with Gasteiger partial charge in [-0.15, -0.1) is 0 Å². The second-order valence-electron chi connectivity index (χ2n) is 4.90. The second kappa shape index (κ2) is 6.95. The molecule has 94 valence electrons. The van der Waals surface area contributed by atoms with Crippen molar-refractivity contribution in [3.8, 4) is 0 Å². The molecule has 1 unspecified atom stereocenters. The molecular formula is C17H20O. The number of hydrogen-bond acceptors (Lipinski definition) is 1. The minimum Gasteiger partial charge on any atom is -0.300 e. The number of benzene rings is 1. The van der Waals surface area contributed by atoms with E-state index in [1.807, 2.05) is 6.07 Å². The summed E-state index contributed by atoms with van der Waals surface area (Å²) in [6, 6.07) is 10.4. The van der Waals surface area contributed by atoms with Gasteiger partial charge < -0.3 is 0 Å². The summed E-state index contributed by atoms with van der Waals surface area (Å²) in [5.41, 5.74) is 1.33. The first-order valence-corrected chi connectivity index (χ1v) is 6.73. The summed E-state index contributed by atoms with van der Waals surface area (Å²) in [6.45, 7) is 0. The first-order valence-electron chi connectivity index (χ1n) is 6.73. The van der Waals surface area contributed by atoms with Crippen molar-refractivity contribution in [3.05, 3.63) is 60.2 Å². The highest BCUT2D eigenvalue weighted by Gasteiger charge is 2.16. The first kappa shape index (κ1) is 12.8. The predicted molar refractivity (Wildman–Crippen MR) is 75.4 cm³/mol. The Bertz CT molecular complexity index is 428. The summed E-state index contributed by atoms with van der Waals surface area (Å²) in [4.78, 5) is 11.3.